The molecule has 1 atom stereocenters. The van der Waals surface area contributed by atoms with Gasteiger partial charge >= 0.3 is 0 Å². The molecular formula is C9H12N4O. The highest BCUT2D eigenvalue weighted by Crippen LogP contribution is 2.20. The Balaban J connectivity index is 2.37. The predicted octanol–water partition coefficient (Wildman–Crippen LogP) is 0.180. The first kappa shape index (κ1) is 8.93. The van der Waals surface area contributed by atoms with E-state index in [1.54, 1.807) is 0 Å². The smallest absolute Gasteiger partial charge is 0.268 e. The minimum Gasteiger partial charge on any atom is -0.368 e. The summed E-state index contributed by atoms with van der Waals surface area (Å²) in [6.07, 6.45) is 2.25. The van der Waals surface area contributed by atoms with Gasteiger partial charge in [0.25, 0.3) is 5.91 Å². The van der Waals surface area contributed by atoms with E-state index in [1.165, 1.54) is 6.20 Å². The van der Waals surface area contributed by atoms with Gasteiger partial charge in [0.1, 0.15) is 11.5 Å². The van der Waals surface area contributed by atoms with Crippen LogP contribution in [-0.4, -0.2) is 22.4 Å². The van der Waals surface area contributed by atoms with E-state index in [4.69, 9.17) is 5.73 Å². The molecule has 14 heavy (non-hydrogen) atoms. The molecule has 1 aliphatic rings. The summed E-state index contributed by atoms with van der Waals surface area (Å²) in [4.78, 5) is 19.1. The van der Waals surface area contributed by atoms with E-state index in [9.17, 15) is 4.79 Å². The second kappa shape index (κ2) is 3.25. The average Bonchev–Trinajstić information content (AvgIpc) is 2.16. The van der Waals surface area contributed by atoms with Crippen LogP contribution in [0.3, 0.4) is 0 Å². The molecule has 0 fully saturated rings. The van der Waals surface area contributed by atoms with E-state index >= 15 is 0 Å². The van der Waals surface area contributed by atoms with Crippen LogP contribution in [0.15, 0.2) is 6.20 Å². The minimum absolute atomic E-state index is 0.236. The number of nitrogens with one attached hydrogen (secondary N) is 1. The van der Waals surface area contributed by atoms with E-state index in [2.05, 4.69) is 22.2 Å². The largest absolute Gasteiger partial charge is 0.368 e. The fourth-order valence-corrected chi connectivity index (χ4v) is 1.51. The number of hydrogen-bond donors (Lipinski definition) is 2. The third kappa shape index (κ3) is 1.53. The highest BCUT2D eigenvalue weighted by Gasteiger charge is 2.18. The van der Waals surface area contributed by atoms with Gasteiger partial charge in [0.2, 0.25) is 0 Å². The van der Waals surface area contributed by atoms with Crippen LogP contribution in [0.2, 0.25) is 0 Å². The van der Waals surface area contributed by atoms with E-state index < -0.39 is 5.91 Å². The lowest BCUT2D eigenvalue weighted by Gasteiger charge is -2.21. The van der Waals surface area contributed by atoms with Gasteiger partial charge in [-0.3, -0.25) is 4.79 Å². The fraction of sp³-hybridized carbons (Fsp3) is 0.444. The zero-order valence-corrected chi connectivity index (χ0v) is 7.95. The molecule has 1 aliphatic heterocycles. The van der Waals surface area contributed by atoms with Gasteiger partial charge in [-0.1, -0.05) is 6.92 Å². The summed E-state index contributed by atoms with van der Waals surface area (Å²) in [5.74, 6) is 0.756. The van der Waals surface area contributed by atoms with Gasteiger partial charge in [-0.05, 0) is 12.3 Å². The highest BCUT2D eigenvalue weighted by molar-refractivity contribution is 5.90. The maximum atomic E-state index is 10.9. The molecule has 1 amide bonds. The van der Waals surface area contributed by atoms with E-state index in [1.807, 2.05) is 0 Å². The number of carbonyl (C=O) groups is 1. The van der Waals surface area contributed by atoms with Crippen molar-refractivity contribution in [1.82, 2.24) is 9.97 Å². The molecule has 1 aromatic rings. The molecular weight excluding hydrogens is 180 g/mol. The number of hydrogen-bond acceptors (Lipinski definition) is 4. The normalized spacial score (nSPS) is 19.6. The van der Waals surface area contributed by atoms with Gasteiger partial charge in [0.05, 0.1) is 11.9 Å². The first-order chi connectivity index (χ1) is 6.66. The van der Waals surface area contributed by atoms with Crippen molar-refractivity contribution in [2.24, 2.45) is 11.7 Å². The van der Waals surface area contributed by atoms with Crippen molar-refractivity contribution in [3.63, 3.8) is 0 Å². The Bertz CT molecular complexity index is 377. The molecule has 0 saturated carbocycles. The standard InChI is InChI=1S/C9H12N4O/c1-5-2-6-9(11-3-5)12-4-7(13-6)8(10)14/h4-5H,2-3H2,1H3,(H2,10,14)(H,11,12). The SMILES string of the molecule is CC1CNc2ncc(C(N)=O)nc2C1. The van der Waals surface area contributed by atoms with Crippen molar-refractivity contribution in [3.05, 3.63) is 17.6 Å². The summed E-state index contributed by atoms with van der Waals surface area (Å²) in [6, 6.07) is 0. The summed E-state index contributed by atoms with van der Waals surface area (Å²) >= 11 is 0. The van der Waals surface area contributed by atoms with Crippen LogP contribution in [0.1, 0.15) is 23.1 Å². The number of amides is 1. The number of fused-ring (bicyclic) bond motifs is 1. The second-order valence-electron chi connectivity index (χ2n) is 3.60. The average molecular weight is 192 g/mol. The van der Waals surface area contributed by atoms with Crippen molar-refractivity contribution >= 4 is 11.7 Å². The first-order valence-corrected chi connectivity index (χ1v) is 4.56. The first-order valence-electron chi connectivity index (χ1n) is 4.56. The molecule has 5 heteroatoms. The van der Waals surface area contributed by atoms with Crippen molar-refractivity contribution in [3.8, 4) is 0 Å². The molecule has 0 spiro atoms. The molecule has 74 valence electrons. The molecule has 0 aliphatic carbocycles. The zero-order valence-electron chi connectivity index (χ0n) is 7.95. The Morgan fingerprint density at radius 3 is 3.21 bits per heavy atom. The molecule has 0 bridgehead atoms. The lowest BCUT2D eigenvalue weighted by molar-refractivity contribution is 0.0995. The fourth-order valence-electron chi connectivity index (χ4n) is 1.51. The molecule has 1 unspecified atom stereocenters. The number of nitrogens with zero attached hydrogens (tertiary/aromatic N) is 2. The van der Waals surface area contributed by atoms with Crippen molar-refractivity contribution in [1.29, 1.82) is 0 Å². The van der Waals surface area contributed by atoms with Crippen LogP contribution in [0.5, 0.6) is 0 Å². The van der Waals surface area contributed by atoms with Crippen molar-refractivity contribution in [2.75, 3.05) is 11.9 Å². The third-order valence-corrected chi connectivity index (χ3v) is 2.26. The number of carbonyl (C=O) groups excluding carboxylic acids is 1. The highest BCUT2D eigenvalue weighted by atomic mass is 16.1. The topological polar surface area (TPSA) is 80.9 Å². The van der Waals surface area contributed by atoms with Gasteiger partial charge in [-0.25, -0.2) is 9.97 Å². The Kier molecular flexibility index (Phi) is 2.07. The number of rotatable bonds is 1. The maximum Gasteiger partial charge on any atom is 0.268 e. The number of nitrogens with two attached hydrogens (primary N) is 1. The summed E-state index contributed by atoms with van der Waals surface area (Å²) < 4.78 is 0. The van der Waals surface area contributed by atoms with Crippen LogP contribution in [0, 0.1) is 5.92 Å². The molecule has 3 N–H and O–H groups in total. The molecule has 1 aromatic heterocycles. The summed E-state index contributed by atoms with van der Waals surface area (Å²) in [5.41, 5.74) is 6.19. The summed E-state index contributed by atoms with van der Waals surface area (Å²) in [6.45, 7) is 3.02. The summed E-state index contributed by atoms with van der Waals surface area (Å²) in [7, 11) is 0. The third-order valence-electron chi connectivity index (χ3n) is 2.26. The van der Waals surface area contributed by atoms with E-state index in [0.717, 1.165) is 24.5 Å². The van der Waals surface area contributed by atoms with Crippen molar-refractivity contribution < 1.29 is 4.79 Å². The lowest BCUT2D eigenvalue weighted by atomic mass is 10.0. The summed E-state index contributed by atoms with van der Waals surface area (Å²) in [5, 5.41) is 3.15. The van der Waals surface area contributed by atoms with Crippen LogP contribution in [-0.2, 0) is 6.42 Å². The predicted molar refractivity (Wildman–Crippen MR) is 51.9 cm³/mol. The van der Waals surface area contributed by atoms with Gasteiger partial charge < -0.3 is 11.1 Å². The van der Waals surface area contributed by atoms with Gasteiger partial charge in [-0.15, -0.1) is 0 Å². The molecule has 5 nitrogen and oxygen atoms in total. The van der Waals surface area contributed by atoms with E-state index in [0.29, 0.717) is 5.92 Å². The Morgan fingerprint density at radius 1 is 1.71 bits per heavy atom. The molecule has 2 heterocycles. The Labute approximate surface area is 81.7 Å². The second-order valence-corrected chi connectivity index (χ2v) is 3.60. The lowest BCUT2D eigenvalue weighted by Crippen LogP contribution is -2.24. The minimum atomic E-state index is -0.529. The van der Waals surface area contributed by atoms with Gasteiger partial charge in [0.15, 0.2) is 0 Å². The molecule has 2 rings (SSSR count). The Hall–Kier alpha value is -1.65. The quantitative estimate of drug-likeness (QED) is 0.665. The molecule has 0 aromatic carbocycles. The zero-order chi connectivity index (χ0) is 10.1. The maximum absolute atomic E-state index is 10.9. The molecule has 0 radical (unpaired) electrons. The van der Waals surface area contributed by atoms with Crippen molar-refractivity contribution in [2.45, 2.75) is 13.3 Å². The van der Waals surface area contributed by atoms with Gasteiger partial charge in [-0.2, -0.15) is 0 Å². The van der Waals surface area contributed by atoms with E-state index in [-0.39, 0.29) is 5.69 Å². The number of primary amides is 1. The monoisotopic (exact) mass is 192 g/mol. The van der Waals surface area contributed by atoms with Crippen LogP contribution < -0.4 is 11.1 Å². The van der Waals surface area contributed by atoms with Crippen LogP contribution in [0.4, 0.5) is 5.82 Å². The van der Waals surface area contributed by atoms with Gasteiger partial charge in [0, 0.05) is 6.54 Å². The number of anilines is 1. The van der Waals surface area contributed by atoms with Crippen LogP contribution in [0.25, 0.3) is 0 Å². The Morgan fingerprint density at radius 2 is 2.50 bits per heavy atom. The number of aromatic nitrogens is 2. The van der Waals surface area contributed by atoms with Crippen LogP contribution >= 0.6 is 0 Å². The molecule has 0 saturated heterocycles.